The molecule has 0 saturated heterocycles. The third-order valence-corrected chi connectivity index (χ3v) is 3.35. The van der Waals surface area contributed by atoms with Crippen molar-refractivity contribution >= 4 is 5.78 Å². The lowest BCUT2D eigenvalue weighted by molar-refractivity contribution is -0.596. The van der Waals surface area contributed by atoms with Gasteiger partial charge in [-0.3, -0.25) is 4.79 Å². The standard InChI is InChI=1S/C17H16N3O2/c1-22-16-9-7-14(8-10-16)17(21)11-20-13-19(12-18-20)15-5-3-2-4-6-15/h2-10,12-13H,11H2,1H3/q+1. The van der Waals surface area contributed by atoms with Crippen molar-refractivity contribution in [2.75, 3.05) is 7.11 Å². The molecule has 22 heavy (non-hydrogen) atoms. The van der Waals surface area contributed by atoms with Crippen LogP contribution in [0.2, 0.25) is 0 Å². The van der Waals surface area contributed by atoms with E-state index in [1.165, 1.54) is 0 Å². The van der Waals surface area contributed by atoms with Crippen molar-refractivity contribution < 1.29 is 14.1 Å². The summed E-state index contributed by atoms with van der Waals surface area (Å²) in [4.78, 5) is 12.2. The van der Waals surface area contributed by atoms with Crippen LogP contribution in [0.25, 0.3) is 5.69 Å². The van der Waals surface area contributed by atoms with Gasteiger partial charge in [0, 0.05) is 10.7 Å². The molecule has 1 aromatic heterocycles. The summed E-state index contributed by atoms with van der Waals surface area (Å²) in [6.45, 7) is 0.201. The van der Waals surface area contributed by atoms with E-state index in [1.807, 2.05) is 34.9 Å². The van der Waals surface area contributed by atoms with Crippen LogP contribution in [0.15, 0.2) is 67.3 Å². The molecule has 0 N–H and O–H groups in total. The van der Waals surface area contributed by atoms with E-state index in [1.54, 1.807) is 48.7 Å². The minimum Gasteiger partial charge on any atom is -0.497 e. The van der Waals surface area contributed by atoms with Gasteiger partial charge in [0.05, 0.1) is 7.11 Å². The molecule has 0 aliphatic carbocycles. The van der Waals surface area contributed by atoms with Crippen LogP contribution in [0.5, 0.6) is 5.75 Å². The Balaban J connectivity index is 1.73. The topological polar surface area (TPSA) is 48.0 Å². The second-order valence-electron chi connectivity index (χ2n) is 4.84. The normalized spacial score (nSPS) is 10.4. The van der Waals surface area contributed by atoms with E-state index in [4.69, 9.17) is 4.74 Å². The number of Topliss-reactive ketones (excluding diaryl/α,β-unsaturated/α-hetero) is 1. The maximum absolute atomic E-state index is 12.2. The third kappa shape index (κ3) is 3.03. The van der Waals surface area contributed by atoms with Gasteiger partial charge in [0.15, 0.2) is 12.3 Å². The molecule has 0 unspecified atom stereocenters. The molecule has 0 saturated carbocycles. The molecule has 1 heterocycles. The Morgan fingerprint density at radius 2 is 1.86 bits per heavy atom. The second kappa shape index (κ2) is 6.22. The highest BCUT2D eigenvalue weighted by molar-refractivity contribution is 5.95. The highest BCUT2D eigenvalue weighted by Gasteiger charge is 2.13. The monoisotopic (exact) mass is 294 g/mol. The van der Waals surface area contributed by atoms with Gasteiger partial charge in [-0.15, -0.1) is 4.68 Å². The van der Waals surface area contributed by atoms with Gasteiger partial charge in [-0.25, -0.2) is 4.57 Å². The number of benzene rings is 2. The molecule has 3 rings (SSSR count). The Kier molecular flexibility index (Phi) is 3.96. The van der Waals surface area contributed by atoms with Crippen molar-refractivity contribution in [3.63, 3.8) is 0 Å². The van der Waals surface area contributed by atoms with E-state index in [2.05, 4.69) is 5.10 Å². The van der Waals surface area contributed by atoms with E-state index < -0.39 is 0 Å². The summed E-state index contributed by atoms with van der Waals surface area (Å²) >= 11 is 0. The van der Waals surface area contributed by atoms with Crippen LogP contribution in [0.1, 0.15) is 10.4 Å². The molecule has 0 fully saturated rings. The predicted molar refractivity (Wildman–Crippen MR) is 81.1 cm³/mol. The fourth-order valence-electron chi connectivity index (χ4n) is 2.16. The summed E-state index contributed by atoms with van der Waals surface area (Å²) in [6.07, 6.45) is 3.49. The molecule has 5 heteroatoms. The Morgan fingerprint density at radius 1 is 1.14 bits per heavy atom. The van der Waals surface area contributed by atoms with Gasteiger partial charge in [-0.2, -0.15) is 0 Å². The number of ether oxygens (including phenoxy) is 1. The maximum Gasteiger partial charge on any atom is 0.270 e. The molecule has 3 aromatic rings. The summed E-state index contributed by atoms with van der Waals surface area (Å²) in [5.41, 5.74) is 1.65. The second-order valence-corrected chi connectivity index (χ2v) is 4.84. The van der Waals surface area contributed by atoms with Gasteiger partial charge in [0.1, 0.15) is 11.4 Å². The summed E-state index contributed by atoms with van der Waals surface area (Å²) in [7, 11) is 1.60. The van der Waals surface area contributed by atoms with Crippen LogP contribution in [-0.2, 0) is 6.54 Å². The lowest BCUT2D eigenvalue weighted by atomic mass is 10.1. The Labute approximate surface area is 128 Å². The zero-order valence-electron chi connectivity index (χ0n) is 12.2. The number of methoxy groups -OCH3 is 1. The van der Waals surface area contributed by atoms with Crippen molar-refractivity contribution in [1.82, 2.24) is 9.78 Å². The van der Waals surface area contributed by atoms with E-state index >= 15 is 0 Å². The minimum absolute atomic E-state index is 0.00552. The van der Waals surface area contributed by atoms with Crippen molar-refractivity contribution in [3.05, 3.63) is 72.8 Å². The molecule has 0 aliphatic heterocycles. The summed E-state index contributed by atoms with van der Waals surface area (Å²) in [6, 6.07) is 16.9. The van der Waals surface area contributed by atoms with Gasteiger partial charge in [-0.1, -0.05) is 18.2 Å². The molecule has 0 bridgehead atoms. The van der Waals surface area contributed by atoms with Crippen LogP contribution in [0.3, 0.4) is 0 Å². The highest BCUT2D eigenvalue weighted by atomic mass is 16.5. The highest BCUT2D eigenvalue weighted by Crippen LogP contribution is 2.12. The zero-order chi connectivity index (χ0) is 15.4. The minimum atomic E-state index is 0.00552. The number of para-hydroxylation sites is 1. The van der Waals surface area contributed by atoms with Crippen molar-refractivity contribution in [1.29, 1.82) is 0 Å². The van der Waals surface area contributed by atoms with Gasteiger partial charge in [0.2, 0.25) is 6.33 Å². The zero-order valence-corrected chi connectivity index (χ0v) is 12.2. The van der Waals surface area contributed by atoms with Crippen molar-refractivity contribution in [2.45, 2.75) is 6.54 Å². The number of carbonyl (C=O) groups excluding carboxylic acids is 1. The number of carbonyl (C=O) groups is 1. The van der Waals surface area contributed by atoms with Crippen LogP contribution in [0, 0.1) is 0 Å². The first kappa shape index (κ1) is 14.0. The number of hydrogen-bond acceptors (Lipinski definition) is 3. The van der Waals surface area contributed by atoms with E-state index in [-0.39, 0.29) is 12.3 Å². The van der Waals surface area contributed by atoms with Gasteiger partial charge < -0.3 is 4.74 Å². The maximum atomic E-state index is 12.2. The average molecular weight is 294 g/mol. The van der Waals surface area contributed by atoms with Crippen LogP contribution in [0.4, 0.5) is 0 Å². The first-order chi connectivity index (χ1) is 10.8. The fraction of sp³-hybridized carbons (Fsp3) is 0.118. The first-order valence-electron chi connectivity index (χ1n) is 6.92. The van der Waals surface area contributed by atoms with E-state index in [0.717, 1.165) is 11.4 Å². The largest absolute Gasteiger partial charge is 0.497 e. The number of aromatic nitrogens is 3. The Bertz CT molecular complexity index is 764. The Hall–Kier alpha value is -2.95. The molecule has 110 valence electrons. The number of ketones is 1. The summed E-state index contributed by atoms with van der Waals surface area (Å²) in [5, 5.41) is 4.23. The SMILES string of the molecule is COc1ccc(C(=O)Cn2c[n+](-c3ccccc3)cn2)cc1. The molecule has 0 aliphatic rings. The van der Waals surface area contributed by atoms with Gasteiger partial charge >= 0.3 is 0 Å². The van der Waals surface area contributed by atoms with Crippen molar-refractivity contribution in [3.8, 4) is 11.4 Å². The molecule has 0 amide bonds. The fourth-order valence-corrected chi connectivity index (χ4v) is 2.16. The van der Waals surface area contributed by atoms with Crippen molar-refractivity contribution in [2.24, 2.45) is 0 Å². The molecule has 0 spiro atoms. The quantitative estimate of drug-likeness (QED) is 0.534. The van der Waals surface area contributed by atoms with Gasteiger partial charge in [0.25, 0.3) is 6.33 Å². The molecular formula is C17H16N3O2+. The van der Waals surface area contributed by atoms with Gasteiger partial charge in [-0.05, 0) is 36.4 Å². The van der Waals surface area contributed by atoms with Crippen LogP contribution >= 0.6 is 0 Å². The molecule has 0 atom stereocenters. The summed E-state index contributed by atoms with van der Waals surface area (Å²) in [5.74, 6) is 0.739. The first-order valence-corrected chi connectivity index (χ1v) is 6.92. The third-order valence-electron chi connectivity index (χ3n) is 3.35. The molecule has 2 aromatic carbocycles. The summed E-state index contributed by atoms with van der Waals surface area (Å²) < 4.78 is 8.59. The van der Waals surface area contributed by atoms with E-state index in [9.17, 15) is 4.79 Å². The van der Waals surface area contributed by atoms with Crippen LogP contribution < -0.4 is 9.30 Å². The molecule has 5 nitrogen and oxygen atoms in total. The van der Waals surface area contributed by atoms with E-state index in [0.29, 0.717) is 5.56 Å². The average Bonchev–Trinajstić information content (AvgIpc) is 3.04. The molecule has 0 radical (unpaired) electrons. The lowest BCUT2D eigenvalue weighted by Gasteiger charge is -2.01. The smallest absolute Gasteiger partial charge is 0.270 e. The number of hydrogen-bond donors (Lipinski definition) is 0. The molecular weight excluding hydrogens is 278 g/mol. The Morgan fingerprint density at radius 3 is 2.55 bits per heavy atom. The number of rotatable bonds is 5. The lowest BCUT2D eigenvalue weighted by Crippen LogP contribution is -2.27. The van der Waals surface area contributed by atoms with Crippen LogP contribution in [-0.4, -0.2) is 22.7 Å². The number of nitrogens with zero attached hydrogens (tertiary/aromatic N) is 3. The predicted octanol–water partition coefficient (Wildman–Crippen LogP) is 2.05.